The highest BCUT2D eigenvalue weighted by Crippen LogP contribution is 2.24. The Labute approximate surface area is 171 Å². The molecule has 0 unspecified atom stereocenters. The van der Waals surface area contributed by atoms with E-state index in [1.54, 1.807) is 18.2 Å². The number of nitrogens with one attached hydrogen (secondary N) is 1. The molecule has 1 aliphatic heterocycles. The minimum Gasteiger partial charge on any atom is -0.355 e. The van der Waals surface area contributed by atoms with Crippen LogP contribution in [0.25, 0.3) is 0 Å². The van der Waals surface area contributed by atoms with Gasteiger partial charge in [0.1, 0.15) is 4.90 Å². The van der Waals surface area contributed by atoms with Gasteiger partial charge in [-0.05, 0) is 24.1 Å². The van der Waals surface area contributed by atoms with E-state index in [1.165, 1.54) is 15.9 Å². The summed E-state index contributed by atoms with van der Waals surface area (Å²) in [6, 6.07) is 16.4. The summed E-state index contributed by atoms with van der Waals surface area (Å²) in [5, 5.41) is 3.15. The molecule has 6 nitrogen and oxygen atoms in total. The van der Waals surface area contributed by atoms with Crippen LogP contribution in [-0.2, 0) is 21.2 Å². The van der Waals surface area contributed by atoms with E-state index in [2.05, 4.69) is 5.32 Å². The molecule has 1 N–H and O–H groups in total. The van der Waals surface area contributed by atoms with Crippen LogP contribution in [0.4, 0.5) is 0 Å². The summed E-state index contributed by atoms with van der Waals surface area (Å²) in [5.74, 6) is -0.0432. The Balaban J connectivity index is 1.45. The molecule has 0 atom stereocenters. The maximum absolute atomic E-state index is 12.8. The van der Waals surface area contributed by atoms with Crippen molar-refractivity contribution in [2.75, 3.05) is 39.3 Å². The third-order valence-corrected chi connectivity index (χ3v) is 7.13. The van der Waals surface area contributed by atoms with Crippen molar-refractivity contribution in [1.82, 2.24) is 14.5 Å². The van der Waals surface area contributed by atoms with Crippen LogP contribution in [0.1, 0.15) is 5.56 Å². The molecule has 3 rings (SSSR count). The number of carbonyl (C=O) groups is 1. The first-order valence-corrected chi connectivity index (χ1v) is 11.1. The van der Waals surface area contributed by atoms with E-state index in [1.807, 2.05) is 35.2 Å². The second-order valence-corrected chi connectivity index (χ2v) is 9.01. The lowest BCUT2D eigenvalue weighted by atomic mass is 10.1. The fourth-order valence-corrected chi connectivity index (χ4v) is 5.09. The monoisotopic (exact) mass is 421 g/mol. The van der Waals surface area contributed by atoms with Crippen molar-refractivity contribution >= 4 is 27.5 Å². The highest BCUT2D eigenvalue weighted by molar-refractivity contribution is 7.89. The number of benzene rings is 2. The number of carbonyl (C=O) groups excluding carboxylic acids is 1. The molecule has 1 aliphatic rings. The predicted molar refractivity (Wildman–Crippen MR) is 110 cm³/mol. The summed E-state index contributed by atoms with van der Waals surface area (Å²) in [7, 11) is -3.62. The fourth-order valence-electron chi connectivity index (χ4n) is 3.17. The zero-order valence-electron chi connectivity index (χ0n) is 15.6. The summed E-state index contributed by atoms with van der Waals surface area (Å²) in [6.45, 7) is 2.56. The molecule has 1 saturated heterocycles. The Bertz CT molecular complexity index is 898. The summed E-state index contributed by atoms with van der Waals surface area (Å²) in [4.78, 5) is 14.2. The predicted octanol–water partition coefficient (Wildman–Crippen LogP) is 2.01. The van der Waals surface area contributed by atoms with Crippen LogP contribution in [-0.4, -0.2) is 62.8 Å². The maximum atomic E-state index is 12.8. The normalized spacial score (nSPS) is 16.0. The number of piperazine rings is 1. The Kier molecular flexibility index (Phi) is 7.07. The third-order valence-electron chi connectivity index (χ3n) is 4.73. The number of amides is 1. The zero-order chi connectivity index (χ0) is 20.0. The first-order valence-electron chi connectivity index (χ1n) is 9.24. The quantitative estimate of drug-likeness (QED) is 0.742. The van der Waals surface area contributed by atoms with Crippen LogP contribution in [0.15, 0.2) is 59.5 Å². The highest BCUT2D eigenvalue weighted by atomic mass is 35.5. The van der Waals surface area contributed by atoms with E-state index in [0.29, 0.717) is 32.7 Å². The van der Waals surface area contributed by atoms with E-state index in [4.69, 9.17) is 11.6 Å². The van der Waals surface area contributed by atoms with E-state index in [-0.39, 0.29) is 22.4 Å². The molecule has 1 fully saturated rings. The molecule has 28 heavy (non-hydrogen) atoms. The smallest absolute Gasteiger partial charge is 0.244 e. The molecule has 1 heterocycles. The summed E-state index contributed by atoms with van der Waals surface area (Å²) in [5.41, 5.74) is 1.18. The number of sulfonamides is 1. The van der Waals surface area contributed by atoms with Gasteiger partial charge < -0.3 is 5.32 Å². The van der Waals surface area contributed by atoms with Crippen LogP contribution in [0.3, 0.4) is 0 Å². The summed E-state index contributed by atoms with van der Waals surface area (Å²) in [6.07, 6.45) is 0.788. The SMILES string of the molecule is O=C(CN1CCN(S(=O)(=O)c2ccccc2Cl)CC1)NCCc1ccccc1. The molecule has 0 spiro atoms. The van der Waals surface area contributed by atoms with E-state index < -0.39 is 10.0 Å². The van der Waals surface area contributed by atoms with Gasteiger partial charge in [0.2, 0.25) is 15.9 Å². The number of halogens is 1. The summed E-state index contributed by atoms with van der Waals surface area (Å²) < 4.78 is 26.9. The van der Waals surface area contributed by atoms with Crippen LogP contribution in [0.2, 0.25) is 5.02 Å². The lowest BCUT2D eigenvalue weighted by molar-refractivity contribution is -0.122. The van der Waals surface area contributed by atoms with Crippen molar-refractivity contribution < 1.29 is 13.2 Å². The molecular weight excluding hydrogens is 398 g/mol. The van der Waals surface area contributed by atoms with Gasteiger partial charge in [0.15, 0.2) is 0 Å². The van der Waals surface area contributed by atoms with E-state index in [0.717, 1.165) is 6.42 Å². The van der Waals surface area contributed by atoms with Crippen LogP contribution in [0.5, 0.6) is 0 Å². The van der Waals surface area contributed by atoms with Gasteiger partial charge in [0.25, 0.3) is 0 Å². The minimum absolute atomic E-state index is 0.0432. The van der Waals surface area contributed by atoms with E-state index in [9.17, 15) is 13.2 Å². The molecule has 0 radical (unpaired) electrons. The maximum Gasteiger partial charge on any atom is 0.244 e. The Morgan fingerprint density at radius 1 is 0.964 bits per heavy atom. The largest absolute Gasteiger partial charge is 0.355 e. The molecule has 0 saturated carbocycles. The third kappa shape index (κ3) is 5.32. The molecular formula is C20H24ClN3O3S. The van der Waals surface area contributed by atoms with Gasteiger partial charge >= 0.3 is 0 Å². The van der Waals surface area contributed by atoms with Gasteiger partial charge in [-0.15, -0.1) is 0 Å². The standard InChI is InChI=1S/C20H24ClN3O3S/c21-18-8-4-5-9-19(18)28(26,27)24-14-12-23(13-15-24)16-20(25)22-11-10-17-6-2-1-3-7-17/h1-9H,10-16H2,(H,22,25). The minimum atomic E-state index is -3.62. The molecule has 0 bridgehead atoms. The van der Waals surface area contributed by atoms with Crippen molar-refractivity contribution in [3.05, 3.63) is 65.2 Å². The first-order chi connectivity index (χ1) is 13.5. The van der Waals surface area contributed by atoms with Gasteiger partial charge in [0.05, 0.1) is 11.6 Å². The molecule has 0 aromatic heterocycles. The van der Waals surface area contributed by atoms with Crippen LogP contribution < -0.4 is 5.32 Å². The average molecular weight is 422 g/mol. The van der Waals surface area contributed by atoms with E-state index >= 15 is 0 Å². The van der Waals surface area contributed by atoms with Crippen molar-refractivity contribution in [1.29, 1.82) is 0 Å². The molecule has 8 heteroatoms. The van der Waals surface area contributed by atoms with Crippen molar-refractivity contribution in [3.8, 4) is 0 Å². The van der Waals surface area contributed by atoms with Gasteiger partial charge in [0, 0.05) is 32.7 Å². The van der Waals surface area contributed by atoms with Gasteiger partial charge in [-0.1, -0.05) is 54.1 Å². The van der Waals surface area contributed by atoms with Crippen molar-refractivity contribution in [3.63, 3.8) is 0 Å². The molecule has 0 aliphatic carbocycles. The summed E-state index contributed by atoms with van der Waals surface area (Å²) >= 11 is 6.05. The van der Waals surface area contributed by atoms with Crippen molar-refractivity contribution in [2.24, 2.45) is 0 Å². The van der Waals surface area contributed by atoms with Gasteiger partial charge in [-0.3, -0.25) is 9.69 Å². The second kappa shape index (κ2) is 9.52. The number of rotatable bonds is 7. The molecule has 2 aromatic carbocycles. The zero-order valence-corrected chi connectivity index (χ0v) is 17.1. The Morgan fingerprint density at radius 2 is 1.61 bits per heavy atom. The number of hydrogen-bond donors (Lipinski definition) is 1. The Hall–Kier alpha value is -1.93. The van der Waals surface area contributed by atoms with Gasteiger partial charge in [-0.2, -0.15) is 4.31 Å². The molecule has 1 amide bonds. The molecule has 2 aromatic rings. The fraction of sp³-hybridized carbons (Fsp3) is 0.350. The lowest BCUT2D eigenvalue weighted by Gasteiger charge is -2.33. The molecule has 150 valence electrons. The first kappa shape index (κ1) is 20.8. The number of hydrogen-bond acceptors (Lipinski definition) is 4. The van der Waals surface area contributed by atoms with Crippen LogP contribution >= 0.6 is 11.6 Å². The lowest BCUT2D eigenvalue weighted by Crippen LogP contribution is -2.51. The number of nitrogens with zero attached hydrogens (tertiary/aromatic N) is 2. The highest BCUT2D eigenvalue weighted by Gasteiger charge is 2.30. The van der Waals surface area contributed by atoms with Crippen molar-refractivity contribution in [2.45, 2.75) is 11.3 Å². The topological polar surface area (TPSA) is 69.7 Å². The average Bonchev–Trinajstić information content (AvgIpc) is 2.69. The van der Waals surface area contributed by atoms with Crippen LogP contribution in [0, 0.1) is 0 Å². The van der Waals surface area contributed by atoms with Gasteiger partial charge in [-0.25, -0.2) is 8.42 Å². The Morgan fingerprint density at radius 3 is 2.29 bits per heavy atom. The second-order valence-electron chi connectivity index (χ2n) is 6.70.